The van der Waals surface area contributed by atoms with Crippen molar-refractivity contribution in [3.8, 4) is 12.0 Å². The number of hydrogen-bond donors (Lipinski definition) is 2. The highest BCUT2D eigenvalue weighted by molar-refractivity contribution is 5.83. The van der Waals surface area contributed by atoms with Crippen LogP contribution in [-0.4, -0.2) is 39.3 Å². The Balaban J connectivity index is 2.30. The largest absolute Gasteiger partial charge is 0.465 e. The maximum absolute atomic E-state index is 6.07. The van der Waals surface area contributed by atoms with Crippen molar-refractivity contribution in [2.45, 2.75) is 58.9 Å². The first-order chi connectivity index (χ1) is 12.2. The summed E-state index contributed by atoms with van der Waals surface area (Å²) in [5, 5.41) is 0. The number of nitrogen functional groups attached to an aromatic ring is 1. The molecule has 2 aromatic heterocycles. The van der Waals surface area contributed by atoms with E-state index in [-0.39, 0.29) is 0 Å². The average molecular weight is 350 g/mol. The van der Waals surface area contributed by atoms with Crippen molar-refractivity contribution >= 4 is 17.0 Å². The van der Waals surface area contributed by atoms with Gasteiger partial charge < -0.3 is 20.9 Å². The van der Waals surface area contributed by atoms with Crippen LogP contribution in [0.3, 0.4) is 0 Å². The van der Waals surface area contributed by atoms with E-state index in [9.17, 15) is 0 Å². The van der Waals surface area contributed by atoms with Crippen LogP contribution in [0, 0.1) is 0 Å². The van der Waals surface area contributed by atoms with Gasteiger partial charge in [-0.15, -0.1) is 0 Å². The summed E-state index contributed by atoms with van der Waals surface area (Å²) in [5.74, 6) is 0.314. The molecule has 0 bridgehead atoms. The number of ether oxygens (including phenoxy) is 2. The lowest BCUT2D eigenvalue weighted by atomic mass is 10.3. The Labute approximate surface area is 148 Å². The summed E-state index contributed by atoms with van der Waals surface area (Å²) in [7, 11) is 0. The molecule has 0 radical (unpaired) electrons. The number of aromatic nitrogens is 4. The minimum Gasteiger partial charge on any atom is -0.465 e. The van der Waals surface area contributed by atoms with Crippen LogP contribution in [0.2, 0.25) is 0 Å². The van der Waals surface area contributed by atoms with Gasteiger partial charge in [-0.05, 0) is 32.2 Å². The van der Waals surface area contributed by atoms with Crippen molar-refractivity contribution in [3.05, 3.63) is 0 Å². The molecule has 0 aliphatic carbocycles. The zero-order valence-corrected chi connectivity index (χ0v) is 15.3. The van der Waals surface area contributed by atoms with Crippen molar-refractivity contribution in [2.75, 3.05) is 25.5 Å². The molecule has 0 amide bonds. The van der Waals surface area contributed by atoms with Crippen molar-refractivity contribution in [1.29, 1.82) is 0 Å². The molecule has 0 saturated heterocycles. The molecule has 2 rings (SSSR count). The standard InChI is InChI=1S/C17H30N6O2/c1-3-5-11-24-16-21-14(19)13-15(22-16)23(10-8-7-9-18)17(20-13)25-12-6-4-2/h3-12,18H2,1-2H3,(H2,19,21,22). The third kappa shape index (κ3) is 5.19. The molecule has 8 heteroatoms. The van der Waals surface area contributed by atoms with Crippen molar-refractivity contribution < 1.29 is 9.47 Å². The van der Waals surface area contributed by atoms with Crippen LogP contribution < -0.4 is 20.9 Å². The second-order valence-electron chi connectivity index (χ2n) is 6.01. The van der Waals surface area contributed by atoms with Gasteiger partial charge in [-0.2, -0.15) is 15.0 Å². The Hall–Kier alpha value is -2.09. The third-order valence-corrected chi connectivity index (χ3v) is 3.86. The topological polar surface area (TPSA) is 114 Å². The molecule has 2 aromatic rings. The first kappa shape index (κ1) is 19.2. The van der Waals surface area contributed by atoms with E-state index in [1.54, 1.807) is 0 Å². The highest BCUT2D eigenvalue weighted by Crippen LogP contribution is 2.26. The second-order valence-corrected chi connectivity index (χ2v) is 6.01. The lowest BCUT2D eigenvalue weighted by Crippen LogP contribution is -2.09. The van der Waals surface area contributed by atoms with Gasteiger partial charge in [0.1, 0.15) is 0 Å². The van der Waals surface area contributed by atoms with Crippen LogP contribution in [0.1, 0.15) is 52.4 Å². The number of hydrogen-bond acceptors (Lipinski definition) is 7. The molecule has 0 aromatic carbocycles. The molecule has 8 nitrogen and oxygen atoms in total. The Morgan fingerprint density at radius 3 is 2.32 bits per heavy atom. The Morgan fingerprint density at radius 1 is 0.920 bits per heavy atom. The van der Waals surface area contributed by atoms with Gasteiger partial charge in [0.25, 0.3) is 6.01 Å². The number of anilines is 1. The number of imidazole rings is 1. The predicted molar refractivity (Wildman–Crippen MR) is 98.8 cm³/mol. The van der Waals surface area contributed by atoms with Crippen LogP contribution in [0.25, 0.3) is 11.2 Å². The van der Waals surface area contributed by atoms with Gasteiger partial charge >= 0.3 is 6.01 Å². The van der Waals surface area contributed by atoms with Crippen molar-refractivity contribution in [1.82, 2.24) is 19.5 Å². The van der Waals surface area contributed by atoms with Crippen LogP contribution in [0.15, 0.2) is 0 Å². The maximum Gasteiger partial charge on any atom is 0.320 e. The molecule has 0 aliphatic rings. The lowest BCUT2D eigenvalue weighted by molar-refractivity contribution is 0.271. The van der Waals surface area contributed by atoms with Gasteiger partial charge in [-0.25, -0.2) is 0 Å². The number of nitrogens with two attached hydrogens (primary N) is 2. The van der Waals surface area contributed by atoms with E-state index < -0.39 is 0 Å². The number of fused-ring (bicyclic) bond motifs is 1. The highest BCUT2D eigenvalue weighted by atomic mass is 16.5. The number of nitrogens with zero attached hydrogens (tertiary/aromatic N) is 4. The number of rotatable bonds is 12. The monoisotopic (exact) mass is 350 g/mol. The summed E-state index contributed by atoms with van der Waals surface area (Å²) in [5.41, 5.74) is 12.9. The molecule has 0 unspecified atom stereocenters. The molecule has 2 heterocycles. The molecule has 4 N–H and O–H groups in total. The van der Waals surface area contributed by atoms with Gasteiger partial charge in [0, 0.05) is 6.54 Å². The quantitative estimate of drug-likeness (QED) is 0.565. The van der Waals surface area contributed by atoms with Gasteiger partial charge in [-0.3, -0.25) is 4.57 Å². The molecule has 0 saturated carbocycles. The van der Waals surface area contributed by atoms with E-state index in [0.717, 1.165) is 45.1 Å². The summed E-state index contributed by atoms with van der Waals surface area (Å²) >= 11 is 0. The first-order valence-corrected chi connectivity index (χ1v) is 9.20. The minimum atomic E-state index is 0.290. The average Bonchev–Trinajstić information content (AvgIpc) is 2.94. The number of unbranched alkanes of at least 4 members (excludes halogenated alkanes) is 3. The molecule has 0 atom stereocenters. The lowest BCUT2D eigenvalue weighted by Gasteiger charge is -2.09. The molecule has 0 spiro atoms. The first-order valence-electron chi connectivity index (χ1n) is 9.20. The number of aryl methyl sites for hydroxylation is 1. The summed E-state index contributed by atoms with van der Waals surface area (Å²) in [6.07, 6.45) is 5.87. The molecule has 0 aliphatic heterocycles. The zero-order chi connectivity index (χ0) is 18.1. The predicted octanol–water partition coefficient (Wildman–Crippen LogP) is 2.51. The molecule has 0 fully saturated rings. The van der Waals surface area contributed by atoms with E-state index in [0.29, 0.717) is 48.8 Å². The van der Waals surface area contributed by atoms with E-state index in [2.05, 4.69) is 28.8 Å². The fourth-order valence-electron chi connectivity index (χ4n) is 2.39. The van der Waals surface area contributed by atoms with Gasteiger partial charge in [-0.1, -0.05) is 26.7 Å². The Kier molecular flexibility index (Phi) is 7.72. The Morgan fingerprint density at radius 2 is 1.64 bits per heavy atom. The summed E-state index contributed by atoms with van der Waals surface area (Å²) in [6.45, 7) is 6.79. The van der Waals surface area contributed by atoms with Gasteiger partial charge in [0.05, 0.1) is 13.2 Å². The fraction of sp³-hybridized carbons (Fsp3) is 0.706. The molecular formula is C17H30N6O2. The van der Waals surface area contributed by atoms with Crippen molar-refractivity contribution in [3.63, 3.8) is 0 Å². The van der Waals surface area contributed by atoms with Gasteiger partial charge in [0.2, 0.25) is 0 Å². The zero-order valence-electron chi connectivity index (χ0n) is 15.3. The van der Waals surface area contributed by atoms with Gasteiger partial charge in [0.15, 0.2) is 17.0 Å². The van der Waals surface area contributed by atoms with Crippen LogP contribution in [-0.2, 0) is 6.54 Å². The SMILES string of the molecule is CCCCOc1nc(N)c2nc(OCCCC)n(CCCCN)c2n1. The molecular weight excluding hydrogens is 320 g/mol. The molecule has 140 valence electrons. The van der Waals surface area contributed by atoms with E-state index in [4.69, 9.17) is 20.9 Å². The summed E-state index contributed by atoms with van der Waals surface area (Å²) in [6, 6.07) is 0.825. The van der Waals surface area contributed by atoms with E-state index in [1.807, 2.05) is 4.57 Å². The third-order valence-electron chi connectivity index (χ3n) is 3.86. The maximum atomic E-state index is 6.07. The smallest absolute Gasteiger partial charge is 0.320 e. The highest BCUT2D eigenvalue weighted by Gasteiger charge is 2.18. The molecule has 25 heavy (non-hydrogen) atoms. The van der Waals surface area contributed by atoms with Crippen molar-refractivity contribution in [2.24, 2.45) is 5.73 Å². The van der Waals surface area contributed by atoms with Crippen LogP contribution >= 0.6 is 0 Å². The normalized spacial score (nSPS) is 11.2. The summed E-state index contributed by atoms with van der Waals surface area (Å²) < 4.78 is 13.4. The van der Waals surface area contributed by atoms with E-state index >= 15 is 0 Å². The Bertz CT molecular complexity index is 658. The second kappa shape index (κ2) is 10.0. The summed E-state index contributed by atoms with van der Waals surface area (Å²) in [4.78, 5) is 13.2. The van der Waals surface area contributed by atoms with E-state index in [1.165, 1.54) is 0 Å². The van der Waals surface area contributed by atoms with Crippen LogP contribution in [0.4, 0.5) is 5.82 Å². The minimum absolute atomic E-state index is 0.290. The van der Waals surface area contributed by atoms with Crippen LogP contribution in [0.5, 0.6) is 12.0 Å². The fourth-order valence-corrected chi connectivity index (χ4v) is 2.39.